The Morgan fingerprint density at radius 3 is 2.22 bits per heavy atom. The summed E-state index contributed by atoms with van der Waals surface area (Å²) in [4.78, 5) is 27.6. The third-order valence-electron chi connectivity index (χ3n) is 3.28. The summed E-state index contributed by atoms with van der Waals surface area (Å²) < 4.78 is 66.2. The van der Waals surface area contributed by atoms with Crippen LogP contribution in [0.2, 0.25) is 0 Å². The normalized spacial score (nSPS) is 15.0. The Labute approximate surface area is 153 Å². The van der Waals surface area contributed by atoms with Gasteiger partial charge in [-0.25, -0.2) is 22.0 Å². The molecule has 0 saturated heterocycles. The van der Waals surface area contributed by atoms with E-state index in [-0.39, 0.29) is 0 Å². The molecule has 0 aliphatic carbocycles. The highest BCUT2D eigenvalue weighted by Gasteiger charge is 2.25. The number of aliphatic imine (C=N–C) groups is 1. The number of amides is 2. The number of aliphatic hydroxyl groups excluding tert-OH is 1. The van der Waals surface area contributed by atoms with Gasteiger partial charge in [0, 0.05) is 11.8 Å². The van der Waals surface area contributed by atoms with Gasteiger partial charge in [0.05, 0.1) is 18.7 Å². The molecule has 0 fully saturated rings. The number of nitrogens with one attached hydrogen (secondary N) is 2. The van der Waals surface area contributed by atoms with Crippen molar-refractivity contribution in [1.29, 1.82) is 0 Å². The molecule has 0 spiro atoms. The standard InChI is InChI=1S/C15H12F5N3O3S/c16-9-6(10(17)12(19)13(20)11(9)18)1-2-8(25)22-7(5-24)14(26)23-15-21-3-4-27-15/h1-2,7,24H,3-5H2,(H,22,25)(H,21,23,26). The first-order valence-electron chi connectivity index (χ1n) is 7.35. The summed E-state index contributed by atoms with van der Waals surface area (Å²) in [7, 11) is 0. The van der Waals surface area contributed by atoms with Crippen LogP contribution in [-0.4, -0.2) is 47.0 Å². The number of benzene rings is 1. The van der Waals surface area contributed by atoms with Gasteiger partial charge < -0.3 is 15.7 Å². The summed E-state index contributed by atoms with van der Waals surface area (Å²) in [5.74, 6) is -12.1. The topological polar surface area (TPSA) is 90.8 Å². The summed E-state index contributed by atoms with van der Waals surface area (Å²) in [6, 6.07) is -1.41. The first-order chi connectivity index (χ1) is 12.8. The number of halogens is 5. The van der Waals surface area contributed by atoms with E-state index in [0.29, 0.717) is 29.6 Å². The Bertz CT molecular complexity index is 802. The van der Waals surface area contributed by atoms with Gasteiger partial charge in [0.2, 0.25) is 11.7 Å². The van der Waals surface area contributed by atoms with Crippen LogP contribution in [0.1, 0.15) is 5.56 Å². The molecule has 1 aliphatic heterocycles. The van der Waals surface area contributed by atoms with Crippen LogP contribution in [0.15, 0.2) is 11.1 Å². The fourth-order valence-corrected chi connectivity index (χ4v) is 2.68. The molecular formula is C15H12F5N3O3S. The van der Waals surface area contributed by atoms with Gasteiger partial charge in [0.1, 0.15) is 6.04 Å². The minimum absolute atomic E-state index is 0.310. The number of hydrogen-bond acceptors (Lipinski definition) is 5. The molecule has 1 aromatic carbocycles. The molecule has 1 unspecified atom stereocenters. The molecule has 1 aromatic rings. The summed E-state index contributed by atoms with van der Waals surface area (Å²) in [6.07, 6.45) is 0.838. The van der Waals surface area contributed by atoms with Gasteiger partial charge >= 0.3 is 0 Å². The van der Waals surface area contributed by atoms with Crippen molar-refractivity contribution in [2.75, 3.05) is 18.9 Å². The Balaban J connectivity index is 2.09. The maximum absolute atomic E-state index is 13.5. The molecule has 1 heterocycles. The van der Waals surface area contributed by atoms with Gasteiger partial charge in [0.25, 0.3) is 5.91 Å². The largest absolute Gasteiger partial charge is 0.394 e. The molecule has 3 N–H and O–H groups in total. The number of thioether (sulfide) groups is 1. The zero-order valence-electron chi connectivity index (χ0n) is 13.4. The van der Waals surface area contributed by atoms with Crippen molar-refractivity contribution in [3.05, 3.63) is 40.7 Å². The predicted molar refractivity (Wildman–Crippen MR) is 87.2 cm³/mol. The number of nitrogens with zero attached hydrogens (tertiary/aromatic N) is 1. The highest BCUT2D eigenvalue weighted by molar-refractivity contribution is 8.14. The molecule has 6 nitrogen and oxygen atoms in total. The summed E-state index contributed by atoms with van der Waals surface area (Å²) in [5.41, 5.74) is -1.32. The number of aliphatic hydroxyl groups is 1. The van der Waals surface area contributed by atoms with E-state index < -0.39 is 59.1 Å². The fourth-order valence-electron chi connectivity index (χ4n) is 1.94. The molecule has 2 rings (SSSR count). The second-order valence-corrected chi connectivity index (χ2v) is 6.17. The third kappa shape index (κ3) is 4.83. The lowest BCUT2D eigenvalue weighted by molar-refractivity contribution is -0.127. The number of carbonyl (C=O) groups is 2. The van der Waals surface area contributed by atoms with Crippen molar-refractivity contribution in [1.82, 2.24) is 10.6 Å². The molecule has 0 saturated carbocycles. The Kier molecular flexibility index (Phi) is 6.91. The third-order valence-corrected chi connectivity index (χ3v) is 4.17. The lowest BCUT2D eigenvalue weighted by atomic mass is 10.1. The lowest BCUT2D eigenvalue weighted by Crippen LogP contribution is -2.49. The van der Waals surface area contributed by atoms with Crippen molar-refractivity contribution in [2.45, 2.75) is 6.04 Å². The number of hydrogen-bond donors (Lipinski definition) is 3. The van der Waals surface area contributed by atoms with Crippen LogP contribution in [-0.2, 0) is 9.59 Å². The summed E-state index contributed by atoms with van der Waals surface area (Å²) in [5, 5.41) is 13.9. The van der Waals surface area contributed by atoms with E-state index >= 15 is 0 Å². The molecule has 0 bridgehead atoms. The van der Waals surface area contributed by atoms with E-state index in [1.54, 1.807) is 0 Å². The molecular weight excluding hydrogens is 397 g/mol. The Morgan fingerprint density at radius 2 is 1.70 bits per heavy atom. The quantitative estimate of drug-likeness (QED) is 0.294. The Morgan fingerprint density at radius 1 is 1.11 bits per heavy atom. The van der Waals surface area contributed by atoms with E-state index in [4.69, 9.17) is 0 Å². The molecule has 0 radical (unpaired) electrons. The highest BCUT2D eigenvalue weighted by Crippen LogP contribution is 2.23. The highest BCUT2D eigenvalue weighted by atomic mass is 32.2. The molecule has 12 heteroatoms. The van der Waals surface area contributed by atoms with Crippen molar-refractivity contribution in [3.8, 4) is 0 Å². The van der Waals surface area contributed by atoms with Crippen molar-refractivity contribution in [3.63, 3.8) is 0 Å². The van der Waals surface area contributed by atoms with E-state index in [2.05, 4.69) is 10.3 Å². The van der Waals surface area contributed by atoms with E-state index in [1.807, 2.05) is 5.32 Å². The van der Waals surface area contributed by atoms with E-state index in [1.165, 1.54) is 11.8 Å². The lowest BCUT2D eigenvalue weighted by Gasteiger charge is -2.14. The molecule has 2 amide bonds. The minimum Gasteiger partial charge on any atom is -0.394 e. The van der Waals surface area contributed by atoms with Gasteiger partial charge in [-0.3, -0.25) is 14.6 Å². The maximum atomic E-state index is 13.5. The second kappa shape index (κ2) is 8.95. The van der Waals surface area contributed by atoms with Crippen molar-refractivity contribution in [2.24, 2.45) is 4.99 Å². The molecule has 0 aromatic heterocycles. The SMILES string of the molecule is O=C(C=Cc1c(F)c(F)c(F)c(F)c1F)NC(CO)C(=O)NC1=NCCS1. The van der Waals surface area contributed by atoms with Crippen LogP contribution in [0.25, 0.3) is 6.08 Å². The van der Waals surface area contributed by atoms with Crippen LogP contribution in [0.3, 0.4) is 0 Å². The average molecular weight is 409 g/mol. The average Bonchev–Trinajstić information content (AvgIpc) is 3.15. The monoisotopic (exact) mass is 409 g/mol. The van der Waals surface area contributed by atoms with Crippen LogP contribution in [0.4, 0.5) is 22.0 Å². The number of carbonyl (C=O) groups excluding carboxylic acids is 2. The van der Waals surface area contributed by atoms with Gasteiger partial charge in [-0.2, -0.15) is 0 Å². The van der Waals surface area contributed by atoms with Gasteiger partial charge in [-0.15, -0.1) is 0 Å². The van der Waals surface area contributed by atoms with Gasteiger partial charge in [0.15, 0.2) is 28.4 Å². The summed E-state index contributed by atoms with van der Waals surface area (Å²) >= 11 is 1.26. The predicted octanol–water partition coefficient (Wildman–Crippen LogP) is 1.09. The van der Waals surface area contributed by atoms with E-state index in [9.17, 15) is 36.6 Å². The smallest absolute Gasteiger partial charge is 0.250 e. The zero-order chi connectivity index (χ0) is 20.1. The van der Waals surface area contributed by atoms with Crippen LogP contribution < -0.4 is 10.6 Å². The summed E-state index contributed by atoms with van der Waals surface area (Å²) in [6.45, 7) is -0.299. The number of rotatable bonds is 5. The number of amidine groups is 1. The van der Waals surface area contributed by atoms with Gasteiger partial charge in [-0.05, 0) is 6.08 Å². The molecule has 1 aliphatic rings. The molecule has 146 valence electrons. The first kappa shape index (κ1) is 20.8. The van der Waals surface area contributed by atoms with Crippen molar-refractivity contribution >= 4 is 34.8 Å². The fraction of sp³-hybridized carbons (Fsp3) is 0.267. The Hall–Kier alpha value is -2.47. The van der Waals surface area contributed by atoms with Gasteiger partial charge in [-0.1, -0.05) is 11.8 Å². The molecule has 27 heavy (non-hydrogen) atoms. The van der Waals surface area contributed by atoms with Crippen LogP contribution in [0, 0.1) is 29.1 Å². The maximum Gasteiger partial charge on any atom is 0.250 e. The molecule has 1 atom stereocenters. The second-order valence-electron chi connectivity index (χ2n) is 5.09. The van der Waals surface area contributed by atoms with Crippen LogP contribution in [0.5, 0.6) is 0 Å². The minimum atomic E-state index is -2.32. The zero-order valence-corrected chi connectivity index (χ0v) is 14.2. The first-order valence-corrected chi connectivity index (χ1v) is 8.33. The van der Waals surface area contributed by atoms with Crippen LogP contribution >= 0.6 is 11.8 Å². The van der Waals surface area contributed by atoms with E-state index in [0.717, 1.165) is 0 Å². The van der Waals surface area contributed by atoms with Crippen molar-refractivity contribution < 1.29 is 36.6 Å².